The Bertz CT molecular complexity index is 530. The lowest BCUT2D eigenvalue weighted by Gasteiger charge is -2.33. The maximum atomic E-state index is 12.0. The summed E-state index contributed by atoms with van der Waals surface area (Å²) in [5.41, 5.74) is -0.965. The van der Waals surface area contributed by atoms with Gasteiger partial charge in [0.2, 0.25) is 0 Å². The van der Waals surface area contributed by atoms with Gasteiger partial charge in [-0.15, -0.1) is 0 Å². The zero-order valence-electron chi connectivity index (χ0n) is 11.3. The Balaban J connectivity index is 2.06. The van der Waals surface area contributed by atoms with Crippen molar-refractivity contribution in [3.05, 3.63) is 23.8 Å². The number of nitrogens with one attached hydrogen (secondary N) is 1. The molecule has 1 aliphatic rings. The Labute approximate surface area is 121 Å². The summed E-state index contributed by atoms with van der Waals surface area (Å²) in [5.74, 6) is -1.99. The number of carboxylic acid groups (broad SMARTS) is 1. The van der Waals surface area contributed by atoms with E-state index in [1.807, 2.05) is 0 Å². The molecule has 1 amide bonds. The molecule has 4 N–H and O–H groups in total. The van der Waals surface area contributed by atoms with Crippen molar-refractivity contribution in [2.24, 2.45) is 5.41 Å². The minimum Gasteiger partial charge on any atom is -0.508 e. The van der Waals surface area contributed by atoms with Crippen LogP contribution in [0.3, 0.4) is 0 Å². The molecular weight excluding hydrogens is 278 g/mol. The van der Waals surface area contributed by atoms with E-state index in [0.717, 1.165) is 6.07 Å². The summed E-state index contributed by atoms with van der Waals surface area (Å²) >= 11 is 0. The Hall–Kier alpha value is -2.28. The van der Waals surface area contributed by atoms with E-state index in [9.17, 15) is 24.9 Å². The number of hydrogen-bond acceptors (Lipinski definition) is 5. The highest BCUT2D eigenvalue weighted by Gasteiger charge is 2.40. The molecule has 0 spiro atoms. The number of carboxylic acids is 1. The van der Waals surface area contributed by atoms with Crippen LogP contribution in [-0.2, 0) is 9.53 Å². The Kier molecular flexibility index (Phi) is 4.32. The van der Waals surface area contributed by atoms with Crippen molar-refractivity contribution in [2.45, 2.75) is 12.8 Å². The summed E-state index contributed by atoms with van der Waals surface area (Å²) in [5, 5.41) is 30.6. The predicted octanol–water partition coefficient (Wildman–Crippen LogP) is 0.709. The topological polar surface area (TPSA) is 116 Å². The third-order valence-corrected chi connectivity index (χ3v) is 3.66. The Morgan fingerprint density at radius 3 is 2.24 bits per heavy atom. The fourth-order valence-electron chi connectivity index (χ4n) is 2.31. The first-order chi connectivity index (χ1) is 9.93. The first-order valence-electron chi connectivity index (χ1n) is 6.55. The number of carbonyl (C=O) groups excluding carboxylic acids is 1. The fourth-order valence-corrected chi connectivity index (χ4v) is 2.31. The fraction of sp³-hybridized carbons (Fsp3) is 0.429. The van der Waals surface area contributed by atoms with E-state index in [4.69, 9.17) is 4.74 Å². The molecular formula is C14H17NO6. The molecule has 0 aliphatic carbocycles. The van der Waals surface area contributed by atoms with Gasteiger partial charge in [0, 0.05) is 31.4 Å². The maximum absolute atomic E-state index is 12.0. The standard InChI is InChI=1S/C14H17NO6/c16-10-5-9(6-11(17)7-10)12(18)15-8-14(13(19)20)1-3-21-4-2-14/h5-7,16-17H,1-4,8H2,(H,15,18)(H,19,20). The number of rotatable bonds is 4. The van der Waals surface area contributed by atoms with E-state index in [-0.39, 0.29) is 23.6 Å². The number of carbonyl (C=O) groups is 2. The van der Waals surface area contributed by atoms with Crippen molar-refractivity contribution < 1.29 is 29.6 Å². The van der Waals surface area contributed by atoms with Gasteiger partial charge in [0.25, 0.3) is 5.91 Å². The van der Waals surface area contributed by atoms with Gasteiger partial charge in [0.05, 0.1) is 5.41 Å². The molecule has 1 fully saturated rings. The van der Waals surface area contributed by atoms with Gasteiger partial charge in [-0.3, -0.25) is 9.59 Å². The summed E-state index contributed by atoms with van der Waals surface area (Å²) in [4.78, 5) is 23.4. The van der Waals surface area contributed by atoms with E-state index in [1.165, 1.54) is 12.1 Å². The molecule has 1 saturated heterocycles. The van der Waals surface area contributed by atoms with Crippen LogP contribution in [0.25, 0.3) is 0 Å². The minimum atomic E-state index is -1.03. The number of amides is 1. The second kappa shape index (κ2) is 6.01. The normalized spacial score (nSPS) is 17.1. The van der Waals surface area contributed by atoms with E-state index in [2.05, 4.69) is 5.32 Å². The van der Waals surface area contributed by atoms with Gasteiger partial charge in [0.15, 0.2) is 0 Å². The summed E-state index contributed by atoms with van der Waals surface area (Å²) < 4.78 is 5.16. The molecule has 2 rings (SSSR count). The van der Waals surface area contributed by atoms with Gasteiger partial charge >= 0.3 is 5.97 Å². The molecule has 1 aliphatic heterocycles. The summed E-state index contributed by atoms with van der Waals surface area (Å²) in [6.07, 6.45) is 0.655. The Morgan fingerprint density at radius 2 is 1.71 bits per heavy atom. The number of aromatic hydroxyl groups is 2. The third kappa shape index (κ3) is 3.43. The lowest BCUT2D eigenvalue weighted by atomic mass is 9.80. The molecule has 0 bridgehead atoms. The SMILES string of the molecule is O=C(NCC1(C(=O)O)CCOCC1)c1cc(O)cc(O)c1. The second-order valence-corrected chi connectivity index (χ2v) is 5.12. The number of aliphatic carboxylic acids is 1. The van der Waals surface area contributed by atoms with E-state index < -0.39 is 17.3 Å². The van der Waals surface area contributed by atoms with E-state index in [0.29, 0.717) is 26.1 Å². The van der Waals surface area contributed by atoms with Crippen molar-refractivity contribution in [3.8, 4) is 11.5 Å². The molecule has 7 heteroatoms. The molecule has 21 heavy (non-hydrogen) atoms. The van der Waals surface area contributed by atoms with Crippen LogP contribution in [0.2, 0.25) is 0 Å². The van der Waals surface area contributed by atoms with Gasteiger partial charge in [0.1, 0.15) is 11.5 Å². The highest BCUT2D eigenvalue weighted by atomic mass is 16.5. The van der Waals surface area contributed by atoms with E-state index >= 15 is 0 Å². The predicted molar refractivity (Wildman–Crippen MR) is 72.2 cm³/mol. The van der Waals surface area contributed by atoms with Gasteiger partial charge in [-0.25, -0.2) is 0 Å². The highest BCUT2D eigenvalue weighted by Crippen LogP contribution is 2.30. The summed E-state index contributed by atoms with van der Waals surface area (Å²) in [6, 6.07) is 3.51. The van der Waals surface area contributed by atoms with Crippen LogP contribution >= 0.6 is 0 Å². The van der Waals surface area contributed by atoms with Crippen LogP contribution in [0.5, 0.6) is 11.5 Å². The molecule has 7 nitrogen and oxygen atoms in total. The van der Waals surface area contributed by atoms with Gasteiger partial charge in [-0.1, -0.05) is 0 Å². The molecule has 114 valence electrons. The number of phenolic OH excluding ortho intramolecular Hbond substituents is 2. The van der Waals surface area contributed by atoms with E-state index in [1.54, 1.807) is 0 Å². The first-order valence-corrected chi connectivity index (χ1v) is 6.55. The third-order valence-electron chi connectivity index (χ3n) is 3.66. The minimum absolute atomic E-state index is 0.0268. The molecule has 1 aromatic rings. The molecule has 0 aromatic heterocycles. The number of ether oxygens (including phenoxy) is 1. The Morgan fingerprint density at radius 1 is 1.14 bits per heavy atom. The van der Waals surface area contributed by atoms with Crippen molar-refractivity contribution in [3.63, 3.8) is 0 Å². The smallest absolute Gasteiger partial charge is 0.311 e. The molecule has 1 aromatic carbocycles. The maximum Gasteiger partial charge on any atom is 0.311 e. The largest absolute Gasteiger partial charge is 0.508 e. The lowest BCUT2D eigenvalue weighted by Crippen LogP contribution is -2.46. The molecule has 0 radical (unpaired) electrons. The van der Waals surface area contributed by atoms with Crippen molar-refractivity contribution in [1.29, 1.82) is 0 Å². The van der Waals surface area contributed by atoms with Crippen molar-refractivity contribution in [1.82, 2.24) is 5.32 Å². The van der Waals surface area contributed by atoms with Crippen LogP contribution < -0.4 is 5.32 Å². The van der Waals surface area contributed by atoms with Gasteiger partial charge in [-0.2, -0.15) is 0 Å². The molecule has 1 heterocycles. The lowest BCUT2D eigenvalue weighted by molar-refractivity contribution is -0.154. The van der Waals surface area contributed by atoms with Crippen LogP contribution in [0.1, 0.15) is 23.2 Å². The monoisotopic (exact) mass is 295 g/mol. The van der Waals surface area contributed by atoms with Gasteiger partial charge in [-0.05, 0) is 25.0 Å². The quantitative estimate of drug-likeness (QED) is 0.650. The zero-order chi connectivity index (χ0) is 15.5. The van der Waals surface area contributed by atoms with Crippen LogP contribution in [0.15, 0.2) is 18.2 Å². The summed E-state index contributed by atoms with van der Waals surface area (Å²) in [7, 11) is 0. The van der Waals surface area contributed by atoms with Crippen LogP contribution in [-0.4, -0.2) is 47.0 Å². The first kappa shape index (κ1) is 15.1. The highest BCUT2D eigenvalue weighted by molar-refractivity contribution is 5.95. The average Bonchev–Trinajstić information content (AvgIpc) is 2.44. The second-order valence-electron chi connectivity index (χ2n) is 5.12. The molecule has 0 unspecified atom stereocenters. The average molecular weight is 295 g/mol. The van der Waals surface area contributed by atoms with Crippen LogP contribution in [0, 0.1) is 5.41 Å². The summed E-state index contributed by atoms with van der Waals surface area (Å²) in [6.45, 7) is 0.658. The van der Waals surface area contributed by atoms with Crippen molar-refractivity contribution >= 4 is 11.9 Å². The van der Waals surface area contributed by atoms with Crippen molar-refractivity contribution in [2.75, 3.05) is 19.8 Å². The van der Waals surface area contributed by atoms with Crippen LogP contribution in [0.4, 0.5) is 0 Å². The number of phenols is 2. The molecule has 0 atom stereocenters. The number of hydrogen-bond donors (Lipinski definition) is 4. The van der Waals surface area contributed by atoms with Gasteiger partial charge < -0.3 is 25.4 Å². The zero-order valence-corrected chi connectivity index (χ0v) is 11.3. The number of benzene rings is 1. The molecule has 0 saturated carbocycles.